The molecule has 0 bridgehead atoms. The van der Waals surface area contributed by atoms with Crippen molar-refractivity contribution in [1.29, 1.82) is 0 Å². The zero-order valence-electron chi connectivity index (χ0n) is 16.9. The summed E-state index contributed by atoms with van der Waals surface area (Å²) in [6, 6.07) is 20.8. The van der Waals surface area contributed by atoms with Crippen LogP contribution in [0.5, 0.6) is 0 Å². The highest BCUT2D eigenvalue weighted by Gasteiger charge is 2.28. The SMILES string of the molecule is COC(=O)c1cc(C)c2c(-c3ccccc3)nn(-c3ccccc3)c2c1C(=O)OC. The molecule has 0 radical (unpaired) electrons. The quantitative estimate of drug-likeness (QED) is 0.469. The Kier molecular flexibility index (Phi) is 5.06. The largest absolute Gasteiger partial charge is 0.465 e. The summed E-state index contributed by atoms with van der Waals surface area (Å²) in [4.78, 5) is 25.4. The Labute approximate surface area is 173 Å². The summed E-state index contributed by atoms with van der Waals surface area (Å²) < 4.78 is 11.7. The number of rotatable bonds is 4. The summed E-state index contributed by atoms with van der Waals surface area (Å²) in [6.07, 6.45) is 0. The Balaban J connectivity index is 2.20. The number of benzene rings is 3. The molecule has 0 N–H and O–H groups in total. The van der Waals surface area contributed by atoms with Crippen molar-refractivity contribution in [2.24, 2.45) is 0 Å². The van der Waals surface area contributed by atoms with Crippen molar-refractivity contribution in [3.63, 3.8) is 0 Å². The van der Waals surface area contributed by atoms with E-state index in [2.05, 4.69) is 0 Å². The summed E-state index contributed by atoms with van der Waals surface area (Å²) in [5.41, 5.74) is 3.97. The predicted molar refractivity (Wildman–Crippen MR) is 114 cm³/mol. The minimum atomic E-state index is -0.628. The number of ether oxygens (including phenoxy) is 2. The van der Waals surface area contributed by atoms with Gasteiger partial charge in [-0.3, -0.25) is 0 Å². The van der Waals surface area contributed by atoms with Crippen LogP contribution in [0, 0.1) is 6.92 Å². The first-order valence-electron chi connectivity index (χ1n) is 9.40. The van der Waals surface area contributed by atoms with E-state index in [1.165, 1.54) is 14.2 Å². The van der Waals surface area contributed by atoms with E-state index in [1.807, 2.05) is 67.6 Å². The number of methoxy groups -OCH3 is 2. The fourth-order valence-corrected chi connectivity index (χ4v) is 3.64. The molecule has 6 heteroatoms. The molecule has 0 saturated carbocycles. The molecule has 1 heterocycles. The Morgan fingerprint density at radius 2 is 1.47 bits per heavy atom. The van der Waals surface area contributed by atoms with Gasteiger partial charge in [0.05, 0.1) is 31.0 Å². The normalized spacial score (nSPS) is 10.8. The molecule has 1 aromatic heterocycles. The molecule has 4 rings (SSSR count). The Morgan fingerprint density at radius 3 is 2.07 bits per heavy atom. The number of fused-ring (bicyclic) bond motifs is 1. The molecule has 0 aliphatic carbocycles. The molecule has 0 atom stereocenters. The van der Waals surface area contributed by atoms with Gasteiger partial charge in [0.25, 0.3) is 0 Å². The molecule has 3 aromatic carbocycles. The van der Waals surface area contributed by atoms with E-state index in [1.54, 1.807) is 10.7 Å². The highest BCUT2D eigenvalue weighted by Crippen LogP contribution is 2.36. The Bertz CT molecular complexity index is 1240. The van der Waals surface area contributed by atoms with Gasteiger partial charge >= 0.3 is 11.9 Å². The van der Waals surface area contributed by atoms with Crippen molar-refractivity contribution in [2.75, 3.05) is 14.2 Å². The first-order chi connectivity index (χ1) is 14.6. The highest BCUT2D eigenvalue weighted by molar-refractivity contribution is 6.15. The van der Waals surface area contributed by atoms with Crippen LogP contribution in [0.1, 0.15) is 26.3 Å². The second-order valence-corrected chi connectivity index (χ2v) is 6.78. The molecule has 0 fully saturated rings. The molecule has 0 aliphatic rings. The van der Waals surface area contributed by atoms with Crippen LogP contribution in [0.3, 0.4) is 0 Å². The number of hydrogen-bond acceptors (Lipinski definition) is 5. The number of carbonyl (C=O) groups excluding carboxylic acids is 2. The van der Waals surface area contributed by atoms with Gasteiger partial charge in [0.1, 0.15) is 11.3 Å². The zero-order chi connectivity index (χ0) is 21.3. The summed E-state index contributed by atoms with van der Waals surface area (Å²) in [6.45, 7) is 1.89. The lowest BCUT2D eigenvalue weighted by Crippen LogP contribution is -2.14. The molecule has 0 amide bonds. The number of esters is 2. The van der Waals surface area contributed by atoms with Gasteiger partial charge in [-0.2, -0.15) is 5.10 Å². The summed E-state index contributed by atoms with van der Waals surface area (Å²) >= 11 is 0. The van der Waals surface area contributed by atoms with E-state index in [4.69, 9.17) is 14.6 Å². The molecular formula is C24H20N2O4. The number of carbonyl (C=O) groups is 2. The lowest BCUT2D eigenvalue weighted by Gasteiger charge is -2.12. The van der Waals surface area contributed by atoms with Crippen molar-refractivity contribution in [3.8, 4) is 16.9 Å². The third kappa shape index (κ3) is 3.12. The topological polar surface area (TPSA) is 70.4 Å². The molecule has 0 aliphatic heterocycles. The van der Waals surface area contributed by atoms with Gasteiger partial charge in [0.2, 0.25) is 0 Å². The van der Waals surface area contributed by atoms with Crippen LogP contribution in [0.25, 0.3) is 27.8 Å². The van der Waals surface area contributed by atoms with Crippen LogP contribution in [-0.2, 0) is 9.47 Å². The van der Waals surface area contributed by atoms with Crippen LogP contribution in [0.15, 0.2) is 66.7 Å². The van der Waals surface area contributed by atoms with Crippen molar-refractivity contribution >= 4 is 22.8 Å². The average Bonchev–Trinajstić information content (AvgIpc) is 3.20. The van der Waals surface area contributed by atoms with E-state index < -0.39 is 11.9 Å². The van der Waals surface area contributed by atoms with Gasteiger partial charge < -0.3 is 9.47 Å². The molecule has 0 saturated heterocycles. The van der Waals surface area contributed by atoms with E-state index >= 15 is 0 Å². The number of nitrogens with zero attached hydrogens (tertiary/aromatic N) is 2. The zero-order valence-corrected chi connectivity index (χ0v) is 16.9. The summed E-state index contributed by atoms with van der Waals surface area (Å²) in [5, 5.41) is 5.63. The number of hydrogen-bond donors (Lipinski definition) is 0. The van der Waals surface area contributed by atoms with Gasteiger partial charge in [-0.15, -0.1) is 0 Å². The number of aromatic nitrogens is 2. The van der Waals surface area contributed by atoms with E-state index in [-0.39, 0.29) is 11.1 Å². The minimum Gasteiger partial charge on any atom is -0.465 e. The van der Waals surface area contributed by atoms with Gasteiger partial charge in [-0.05, 0) is 30.7 Å². The predicted octanol–water partition coefficient (Wildman–Crippen LogP) is 4.57. The minimum absolute atomic E-state index is 0.128. The third-order valence-electron chi connectivity index (χ3n) is 4.99. The molecule has 30 heavy (non-hydrogen) atoms. The van der Waals surface area contributed by atoms with Crippen LogP contribution in [0.4, 0.5) is 0 Å². The molecule has 6 nitrogen and oxygen atoms in total. The molecule has 0 spiro atoms. The molecule has 150 valence electrons. The maximum Gasteiger partial charge on any atom is 0.340 e. The Morgan fingerprint density at radius 1 is 0.867 bits per heavy atom. The third-order valence-corrected chi connectivity index (χ3v) is 4.99. The Hall–Kier alpha value is -3.93. The van der Waals surface area contributed by atoms with Gasteiger partial charge in [0.15, 0.2) is 0 Å². The second kappa shape index (κ2) is 7.83. The van der Waals surface area contributed by atoms with Gasteiger partial charge in [-0.25, -0.2) is 14.3 Å². The maximum atomic E-state index is 12.8. The van der Waals surface area contributed by atoms with Crippen LogP contribution < -0.4 is 0 Å². The fraction of sp³-hybridized carbons (Fsp3) is 0.125. The van der Waals surface area contributed by atoms with Gasteiger partial charge in [-0.1, -0.05) is 48.5 Å². The molecular weight excluding hydrogens is 380 g/mol. The van der Waals surface area contributed by atoms with Crippen molar-refractivity contribution in [2.45, 2.75) is 6.92 Å². The maximum absolute atomic E-state index is 12.8. The lowest BCUT2D eigenvalue weighted by atomic mass is 9.96. The van der Waals surface area contributed by atoms with Crippen molar-refractivity contribution < 1.29 is 19.1 Å². The molecule has 0 unspecified atom stereocenters. The van der Waals surface area contributed by atoms with Crippen LogP contribution in [-0.4, -0.2) is 35.9 Å². The van der Waals surface area contributed by atoms with E-state index in [0.29, 0.717) is 11.2 Å². The molecule has 4 aromatic rings. The lowest BCUT2D eigenvalue weighted by molar-refractivity contribution is 0.0556. The number of aryl methyl sites for hydroxylation is 1. The monoisotopic (exact) mass is 400 g/mol. The van der Waals surface area contributed by atoms with E-state index in [0.717, 1.165) is 22.2 Å². The average molecular weight is 400 g/mol. The van der Waals surface area contributed by atoms with Crippen LogP contribution in [0.2, 0.25) is 0 Å². The summed E-state index contributed by atoms with van der Waals surface area (Å²) in [7, 11) is 2.57. The van der Waals surface area contributed by atoms with E-state index in [9.17, 15) is 9.59 Å². The van der Waals surface area contributed by atoms with Crippen molar-refractivity contribution in [1.82, 2.24) is 9.78 Å². The van der Waals surface area contributed by atoms with Crippen molar-refractivity contribution in [3.05, 3.63) is 83.4 Å². The van der Waals surface area contributed by atoms with Crippen LogP contribution >= 0.6 is 0 Å². The van der Waals surface area contributed by atoms with Gasteiger partial charge in [0, 0.05) is 10.9 Å². The summed E-state index contributed by atoms with van der Waals surface area (Å²) in [5.74, 6) is -1.24. The standard InChI is InChI=1S/C24H20N2O4/c1-15-14-18(23(27)29-2)20(24(28)30-3)22-19(15)21(16-10-6-4-7-11-16)25-26(22)17-12-8-5-9-13-17/h4-14H,1-3H3. The fourth-order valence-electron chi connectivity index (χ4n) is 3.64. The first-order valence-corrected chi connectivity index (χ1v) is 9.40. The second-order valence-electron chi connectivity index (χ2n) is 6.78. The highest BCUT2D eigenvalue weighted by atomic mass is 16.5. The smallest absolute Gasteiger partial charge is 0.340 e. The number of para-hydroxylation sites is 1. The first kappa shape index (κ1) is 19.4.